The maximum absolute atomic E-state index is 12.7. The molecule has 0 bridgehead atoms. The Morgan fingerprint density at radius 3 is 2.43 bits per heavy atom. The summed E-state index contributed by atoms with van der Waals surface area (Å²) in [5, 5.41) is 1.37. The Morgan fingerprint density at radius 2 is 1.70 bits per heavy atom. The van der Waals surface area contributed by atoms with Crippen molar-refractivity contribution in [1.29, 1.82) is 0 Å². The highest BCUT2D eigenvalue weighted by atomic mass is 35.5. The lowest BCUT2D eigenvalue weighted by molar-refractivity contribution is -0.123. The van der Waals surface area contributed by atoms with E-state index in [1.54, 1.807) is 48.5 Å². The summed E-state index contributed by atoms with van der Waals surface area (Å²) in [6.07, 6.45) is 1.53. The predicted molar refractivity (Wildman–Crippen MR) is 122 cm³/mol. The number of halogens is 4. The molecule has 0 atom stereocenters. The topological polar surface area (TPSA) is 50.5 Å². The van der Waals surface area contributed by atoms with Crippen LogP contribution in [0.15, 0.2) is 57.9 Å². The SMILES string of the molecule is O=C1S/C(=C/c2ccc(-c3ccc(Cl)cc3Cl)o2)C(=O)N1Cc1ccc(Cl)c(Cl)c1. The van der Waals surface area contributed by atoms with Gasteiger partial charge in [0.2, 0.25) is 0 Å². The quantitative estimate of drug-likeness (QED) is 0.344. The fraction of sp³-hybridized carbons (Fsp3) is 0.0476. The minimum absolute atomic E-state index is 0.0999. The first-order valence-electron chi connectivity index (χ1n) is 8.56. The number of benzene rings is 2. The third-order valence-electron chi connectivity index (χ3n) is 4.30. The highest BCUT2D eigenvalue weighted by Crippen LogP contribution is 2.36. The number of carbonyl (C=O) groups is 2. The summed E-state index contributed by atoms with van der Waals surface area (Å²) >= 11 is 24.9. The summed E-state index contributed by atoms with van der Waals surface area (Å²) in [7, 11) is 0. The lowest BCUT2D eigenvalue weighted by Gasteiger charge is -2.12. The van der Waals surface area contributed by atoms with Gasteiger partial charge in [-0.15, -0.1) is 0 Å². The smallest absolute Gasteiger partial charge is 0.293 e. The van der Waals surface area contributed by atoms with Crippen LogP contribution in [0.5, 0.6) is 0 Å². The molecule has 0 unspecified atom stereocenters. The van der Waals surface area contributed by atoms with Crippen LogP contribution < -0.4 is 0 Å². The van der Waals surface area contributed by atoms with E-state index in [2.05, 4.69) is 0 Å². The standard InChI is InChI=1S/C21H11Cl4NO3S/c22-12-2-4-14(16(24)8-12)18-6-3-13(29-18)9-19-20(27)26(21(28)30-19)10-11-1-5-15(23)17(25)7-11/h1-9H,10H2/b19-9+. The fourth-order valence-electron chi connectivity index (χ4n) is 2.85. The summed E-state index contributed by atoms with van der Waals surface area (Å²) in [4.78, 5) is 26.5. The summed E-state index contributed by atoms with van der Waals surface area (Å²) in [5.41, 5.74) is 1.37. The largest absolute Gasteiger partial charge is 0.457 e. The van der Waals surface area contributed by atoms with Crippen LogP contribution in [0.3, 0.4) is 0 Å². The molecule has 4 rings (SSSR count). The first-order chi connectivity index (χ1) is 14.3. The van der Waals surface area contributed by atoms with Gasteiger partial charge in [0.25, 0.3) is 11.1 Å². The van der Waals surface area contributed by atoms with E-state index in [-0.39, 0.29) is 16.7 Å². The molecule has 1 aliphatic heterocycles. The molecule has 1 fully saturated rings. The van der Waals surface area contributed by atoms with Crippen LogP contribution in [0.2, 0.25) is 20.1 Å². The van der Waals surface area contributed by atoms with Gasteiger partial charge in [-0.05, 0) is 59.8 Å². The van der Waals surface area contributed by atoms with Crippen molar-refractivity contribution in [3.8, 4) is 11.3 Å². The number of rotatable bonds is 4. The maximum atomic E-state index is 12.7. The zero-order valence-electron chi connectivity index (χ0n) is 15.0. The van der Waals surface area contributed by atoms with Gasteiger partial charge in [0.1, 0.15) is 11.5 Å². The number of nitrogens with zero attached hydrogens (tertiary/aromatic N) is 1. The zero-order valence-corrected chi connectivity index (χ0v) is 18.8. The minimum Gasteiger partial charge on any atom is -0.457 e. The van der Waals surface area contributed by atoms with Crippen molar-refractivity contribution < 1.29 is 14.0 Å². The van der Waals surface area contributed by atoms with Crippen LogP contribution in [-0.2, 0) is 11.3 Å². The van der Waals surface area contributed by atoms with Crippen molar-refractivity contribution >= 4 is 75.4 Å². The van der Waals surface area contributed by atoms with Gasteiger partial charge >= 0.3 is 0 Å². The molecule has 0 N–H and O–H groups in total. The van der Waals surface area contributed by atoms with E-state index in [9.17, 15) is 9.59 Å². The number of thioether (sulfide) groups is 1. The first-order valence-corrected chi connectivity index (χ1v) is 10.9. The Hall–Kier alpha value is -1.89. The van der Waals surface area contributed by atoms with Crippen LogP contribution in [0.1, 0.15) is 11.3 Å². The second-order valence-electron chi connectivity index (χ2n) is 6.34. The molecule has 2 amide bonds. The molecule has 9 heteroatoms. The molecule has 0 radical (unpaired) electrons. The van der Waals surface area contributed by atoms with E-state index in [1.807, 2.05) is 0 Å². The summed E-state index contributed by atoms with van der Waals surface area (Å²) in [6.45, 7) is 0.0999. The average molecular weight is 499 g/mol. The number of hydrogen-bond donors (Lipinski definition) is 0. The van der Waals surface area contributed by atoms with Gasteiger partial charge < -0.3 is 4.42 Å². The molecule has 4 nitrogen and oxygen atoms in total. The first kappa shape index (κ1) is 21.3. The summed E-state index contributed by atoms with van der Waals surface area (Å²) in [5.74, 6) is 0.549. The molecule has 152 valence electrons. The Labute approximate surface area is 196 Å². The molecule has 0 aliphatic carbocycles. The Balaban J connectivity index is 1.55. The second-order valence-corrected chi connectivity index (χ2v) is 8.99. The average Bonchev–Trinajstić information content (AvgIpc) is 3.25. The highest BCUT2D eigenvalue weighted by Gasteiger charge is 2.35. The van der Waals surface area contributed by atoms with Crippen molar-refractivity contribution in [1.82, 2.24) is 4.90 Å². The van der Waals surface area contributed by atoms with E-state index in [4.69, 9.17) is 50.8 Å². The molecule has 1 saturated heterocycles. The highest BCUT2D eigenvalue weighted by molar-refractivity contribution is 8.18. The van der Waals surface area contributed by atoms with Crippen LogP contribution in [0.4, 0.5) is 4.79 Å². The molecule has 3 aromatic rings. The molecule has 0 saturated carbocycles. The van der Waals surface area contributed by atoms with Crippen LogP contribution >= 0.6 is 58.2 Å². The van der Waals surface area contributed by atoms with Crippen LogP contribution in [0, 0.1) is 0 Å². The second kappa shape index (κ2) is 8.69. The van der Waals surface area contributed by atoms with Crippen molar-refractivity contribution in [2.75, 3.05) is 0 Å². The van der Waals surface area contributed by atoms with Gasteiger partial charge in [0, 0.05) is 16.7 Å². The summed E-state index contributed by atoms with van der Waals surface area (Å²) < 4.78 is 5.79. The van der Waals surface area contributed by atoms with Gasteiger partial charge in [-0.2, -0.15) is 0 Å². The van der Waals surface area contributed by atoms with Crippen molar-refractivity contribution in [2.45, 2.75) is 6.54 Å². The number of furan rings is 1. The van der Waals surface area contributed by atoms with Crippen molar-refractivity contribution in [2.24, 2.45) is 0 Å². The number of carbonyl (C=O) groups excluding carboxylic acids is 2. The molecule has 30 heavy (non-hydrogen) atoms. The van der Waals surface area contributed by atoms with Crippen LogP contribution in [-0.4, -0.2) is 16.0 Å². The van der Waals surface area contributed by atoms with E-state index in [0.29, 0.717) is 42.7 Å². The van der Waals surface area contributed by atoms with Gasteiger partial charge in [-0.1, -0.05) is 52.5 Å². The number of amides is 2. The lowest BCUT2D eigenvalue weighted by atomic mass is 10.2. The Bertz CT molecular complexity index is 1200. The monoisotopic (exact) mass is 497 g/mol. The van der Waals surface area contributed by atoms with Crippen LogP contribution in [0.25, 0.3) is 17.4 Å². The van der Waals surface area contributed by atoms with Gasteiger partial charge in [0.05, 0.1) is 26.5 Å². The van der Waals surface area contributed by atoms with E-state index in [0.717, 1.165) is 16.7 Å². The van der Waals surface area contributed by atoms with E-state index in [1.165, 1.54) is 6.08 Å². The molecule has 2 aromatic carbocycles. The fourth-order valence-corrected chi connectivity index (χ4v) is 4.49. The van der Waals surface area contributed by atoms with Gasteiger partial charge in [-0.3, -0.25) is 14.5 Å². The normalized spacial score (nSPS) is 15.5. The molecule has 2 heterocycles. The summed E-state index contributed by atoms with van der Waals surface area (Å²) in [6, 6.07) is 13.5. The molecular weight excluding hydrogens is 488 g/mol. The Kier molecular flexibility index (Phi) is 6.19. The van der Waals surface area contributed by atoms with Gasteiger partial charge in [-0.25, -0.2) is 0 Å². The third-order valence-corrected chi connectivity index (χ3v) is 6.49. The molecule has 0 spiro atoms. The van der Waals surface area contributed by atoms with Gasteiger partial charge in [0.15, 0.2) is 0 Å². The van der Waals surface area contributed by atoms with E-state index < -0.39 is 5.91 Å². The Morgan fingerprint density at radius 1 is 0.900 bits per heavy atom. The lowest BCUT2D eigenvalue weighted by Crippen LogP contribution is -2.27. The minimum atomic E-state index is -0.404. The zero-order chi connectivity index (χ0) is 21.4. The molecule has 1 aromatic heterocycles. The predicted octanol–water partition coefficient (Wildman–Crippen LogP) is 7.80. The number of imide groups is 1. The number of hydrogen-bond acceptors (Lipinski definition) is 4. The maximum Gasteiger partial charge on any atom is 0.293 e. The van der Waals surface area contributed by atoms with Crippen molar-refractivity contribution in [3.63, 3.8) is 0 Å². The van der Waals surface area contributed by atoms with Crippen molar-refractivity contribution in [3.05, 3.63) is 84.9 Å². The molecular formula is C21H11Cl4NO3S. The van der Waals surface area contributed by atoms with E-state index >= 15 is 0 Å². The third kappa shape index (κ3) is 4.41. The molecule has 1 aliphatic rings.